The number of nitrogens with zero attached hydrogens (tertiary/aromatic N) is 3. The summed E-state index contributed by atoms with van der Waals surface area (Å²) in [7, 11) is 3.64. The Labute approximate surface area is 115 Å². The van der Waals surface area contributed by atoms with Crippen LogP contribution < -0.4 is 10.6 Å². The second-order valence-corrected chi connectivity index (χ2v) is 4.51. The van der Waals surface area contributed by atoms with Crippen LogP contribution in [0, 0.1) is 0 Å². The zero-order chi connectivity index (χ0) is 13.1. The van der Waals surface area contributed by atoms with Crippen LogP contribution in [-0.2, 0) is 13.6 Å². The molecule has 0 aromatic carbocycles. The Bertz CT molecular complexity index is 552. The van der Waals surface area contributed by atoms with Gasteiger partial charge in [0.25, 0.3) is 0 Å². The van der Waals surface area contributed by atoms with Gasteiger partial charge in [-0.2, -0.15) is 5.10 Å². The second-order valence-electron chi connectivity index (χ2n) is 3.70. The maximum absolute atomic E-state index is 6.08. The van der Waals surface area contributed by atoms with Gasteiger partial charge in [-0.25, -0.2) is 4.98 Å². The second kappa shape index (κ2) is 5.46. The molecule has 18 heavy (non-hydrogen) atoms. The van der Waals surface area contributed by atoms with Crippen LogP contribution in [0.15, 0.2) is 18.3 Å². The summed E-state index contributed by atoms with van der Waals surface area (Å²) >= 11 is 12.1. The average molecular weight is 286 g/mol. The zero-order valence-corrected chi connectivity index (χ0v) is 11.5. The Balaban J connectivity index is 2.16. The van der Waals surface area contributed by atoms with E-state index in [1.54, 1.807) is 24.0 Å². The standard InChI is InChI=1S/C11H13Cl2N5/c1-14-10-8(12)5-9(13)11(17-10)15-6-7-3-4-16-18(7)2/h3-5H,6H2,1-2H3,(H2,14,15,17). The van der Waals surface area contributed by atoms with Crippen molar-refractivity contribution in [3.05, 3.63) is 34.1 Å². The molecule has 2 aromatic heterocycles. The molecular formula is C11H13Cl2N5. The normalized spacial score (nSPS) is 10.4. The van der Waals surface area contributed by atoms with Crippen LogP contribution in [0.1, 0.15) is 5.69 Å². The molecule has 0 saturated heterocycles. The average Bonchev–Trinajstić information content (AvgIpc) is 2.74. The maximum Gasteiger partial charge on any atom is 0.147 e. The first-order valence-electron chi connectivity index (χ1n) is 5.36. The van der Waals surface area contributed by atoms with Gasteiger partial charge >= 0.3 is 0 Å². The number of rotatable bonds is 4. The molecule has 5 nitrogen and oxygen atoms in total. The van der Waals surface area contributed by atoms with E-state index < -0.39 is 0 Å². The first kappa shape index (κ1) is 13.0. The van der Waals surface area contributed by atoms with Gasteiger partial charge in [-0.15, -0.1) is 0 Å². The van der Waals surface area contributed by atoms with Gasteiger partial charge in [-0.05, 0) is 12.1 Å². The lowest BCUT2D eigenvalue weighted by atomic mass is 10.4. The minimum absolute atomic E-state index is 0.487. The van der Waals surface area contributed by atoms with Crippen molar-refractivity contribution in [1.82, 2.24) is 14.8 Å². The Morgan fingerprint density at radius 1 is 1.28 bits per heavy atom. The summed E-state index contributed by atoms with van der Waals surface area (Å²) in [6.07, 6.45) is 1.74. The van der Waals surface area contributed by atoms with Crippen molar-refractivity contribution in [3.8, 4) is 0 Å². The third-order valence-electron chi connectivity index (χ3n) is 2.53. The van der Waals surface area contributed by atoms with Gasteiger partial charge in [0.15, 0.2) is 0 Å². The number of halogens is 2. The smallest absolute Gasteiger partial charge is 0.147 e. The summed E-state index contributed by atoms with van der Waals surface area (Å²) in [6, 6.07) is 3.59. The van der Waals surface area contributed by atoms with Gasteiger partial charge < -0.3 is 10.6 Å². The van der Waals surface area contributed by atoms with Crippen LogP contribution in [0.4, 0.5) is 11.6 Å². The highest BCUT2D eigenvalue weighted by Gasteiger charge is 2.08. The summed E-state index contributed by atoms with van der Waals surface area (Å²) in [5.41, 5.74) is 1.04. The fourth-order valence-corrected chi connectivity index (χ4v) is 2.03. The Kier molecular flexibility index (Phi) is 3.93. The minimum atomic E-state index is 0.487. The molecule has 7 heteroatoms. The maximum atomic E-state index is 6.08. The molecule has 0 amide bonds. The van der Waals surface area contributed by atoms with E-state index in [1.807, 2.05) is 13.1 Å². The van der Waals surface area contributed by atoms with Gasteiger partial charge in [-0.3, -0.25) is 4.68 Å². The quantitative estimate of drug-likeness (QED) is 0.907. The van der Waals surface area contributed by atoms with Crippen molar-refractivity contribution >= 4 is 34.8 Å². The third-order valence-corrected chi connectivity index (χ3v) is 3.10. The molecule has 96 valence electrons. The molecule has 0 atom stereocenters. The van der Waals surface area contributed by atoms with Gasteiger partial charge in [0.2, 0.25) is 0 Å². The van der Waals surface area contributed by atoms with Crippen LogP contribution >= 0.6 is 23.2 Å². The molecule has 0 unspecified atom stereocenters. The lowest BCUT2D eigenvalue weighted by molar-refractivity contribution is 0.720. The number of pyridine rings is 1. The van der Waals surface area contributed by atoms with E-state index in [0.29, 0.717) is 28.2 Å². The predicted molar refractivity (Wildman–Crippen MR) is 74.3 cm³/mol. The SMILES string of the molecule is CNc1nc(NCc2ccnn2C)c(Cl)cc1Cl. The molecule has 0 bridgehead atoms. The van der Waals surface area contributed by atoms with E-state index >= 15 is 0 Å². The number of hydrogen-bond acceptors (Lipinski definition) is 4. The highest BCUT2D eigenvalue weighted by atomic mass is 35.5. The molecule has 0 fully saturated rings. The minimum Gasteiger partial charge on any atom is -0.372 e. The third kappa shape index (κ3) is 2.68. The monoisotopic (exact) mass is 285 g/mol. The highest BCUT2D eigenvalue weighted by molar-refractivity contribution is 6.37. The van der Waals surface area contributed by atoms with Crippen LogP contribution in [0.25, 0.3) is 0 Å². The molecule has 0 aliphatic heterocycles. The van der Waals surface area contributed by atoms with Crippen molar-refractivity contribution in [3.63, 3.8) is 0 Å². The molecule has 0 spiro atoms. The Morgan fingerprint density at radius 3 is 2.61 bits per heavy atom. The van der Waals surface area contributed by atoms with E-state index in [-0.39, 0.29) is 0 Å². The number of aromatic nitrogens is 3. The van der Waals surface area contributed by atoms with Crippen molar-refractivity contribution in [2.24, 2.45) is 7.05 Å². The molecule has 2 heterocycles. The molecule has 0 aliphatic carbocycles. The molecule has 0 saturated carbocycles. The summed E-state index contributed by atoms with van der Waals surface area (Å²) in [6.45, 7) is 0.591. The molecule has 2 aromatic rings. The fraction of sp³-hybridized carbons (Fsp3) is 0.273. The number of nitrogens with one attached hydrogen (secondary N) is 2. The van der Waals surface area contributed by atoms with E-state index in [4.69, 9.17) is 23.2 Å². The lowest BCUT2D eigenvalue weighted by Gasteiger charge is -2.10. The van der Waals surface area contributed by atoms with E-state index in [0.717, 1.165) is 5.69 Å². The number of anilines is 2. The highest BCUT2D eigenvalue weighted by Crippen LogP contribution is 2.29. The molecule has 2 rings (SSSR count). The zero-order valence-electron chi connectivity index (χ0n) is 10.0. The molecule has 0 radical (unpaired) electrons. The summed E-state index contributed by atoms with van der Waals surface area (Å²) < 4.78 is 1.79. The van der Waals surface area contributed by atoms with Gasteiger partial charge in [0.1, 0.15) is 11.6 Å². The molecule has 2 N–H and O–H groups in total. The fourth-order valence-electron chi connectivity index (χ4n) is 1.51. The number of aryl methyl sites for hydroxylation is 1. The first-order valence-corrected chi connectivity index (χ1v) is 6.12. The van der Waals surface area contributed by atoms with Crippen molar-refractivity contribution < 1.29 is 0 Å². The Hall–Kier alpha value is -1.46. The van der Waals surface area contributed by atoms with Crippen LogP contribution in [-0.4, -0.2) is 21.8 Å². The van der Waals surface area contributed by atoms with Crippen molar-refractivity contribution in [2.45, 2.75) is 6.54 Å². The lowest BCUT2D eigenvalue weighted by Crippen LogP contribution is -2.07. The largest absolute Gasteiger partial charge is 0.372 e. The first-order chi connectivity index (χ1) is 8.61. The van der Waals surface area contributed by atoms with Crippen molar-refractivity contribution in [1.29, 1.82) is 0 Å². The molecular weight excluding hydrogens is 273 g/mol. The predicted octanol–water partition coefficient (Wildman–Crippen LogP) is 2.78. The van der Waals surface area contributed by atoms with Crippen LogP contribution in [0.2, 0.25) is 10.0 Å². The van der Waals surface area contributed by atoms with E-state index in [9.17, 15) is 0 Å². The van der Waals surface area contributed by atoms with Gasteiger partial charge in [0, 0.05) is 20.3 Å². The van der Waals surface area contributed by atoms with Crippen LogP contribution in [0.3, 0.4) is 0 Å². The summed E-state index contributed by atoms with van der Waals surface area (Å²) in [5, 5.41) is 11.1. The van der Waals surface area contributed by atoms with Gasteiger partial charge in [0.05, 0.1) is 22.3 Å². The summed E-state index contributed by atoms with van der Waals surface area (Å²) in [4.78, 5) is 4.30. The summed E-state index contributed by atoms with van der Waals surface area (Å²) in [5.74, 6) is 1.18. The van der Waals surface area contributed by atoms with Crippen LogP contribution in [0.5, 0.6) is 0 Å². The molecule has 0 aliphatic rings. The topological polar surface area (TPSA) is 54.8 Å². The van der Waals surface area contributed by atoms with E-state index in [2.05, 4.69) is 20.7 Å². The van der Waals surface area contributed by atoms with Crippen molar-refractivity contribution in [2.75, 3.05) is 17.7 Å². The van der Waals surface area contributed by atoms with Gasteiger partial charge in [-0.1, -0.05) is 23.2 Å². The number of hydrogen-bond donors (Lipinski definition) is 2. The van der Waals surface area contributed by atoms with E-state index in [1.165, 1.54) is 0 Å². The Morgan fingerprint density at radius 2 is 2.00 bits per heavy atom.